The number of aromatic nitrogens is 4. The maximum absolute atomic E-state index is 13.3. The second kappa shape index (κ2) is 9.75. The largest absolute Gasteiger partial charge is 0.497 e. The molecule has 4 rings (SSSR count). The van der Waals surface area contributed by atoms with E-state index in [2.05, 4.69) is 15.5 Å². The van der Waals surface area contributed by atoms with Crippen molar-refractivity contribution in [3.05, 3.63) is 54.6 Å². The first-order valence-electron chi connectivity index (χ1n) is 10.2. The average molecular weight is 424 g/mol. The van der Waals surface area contributed by atoms with E-state index in [1.54, 1.807) is 11.8 Å². The lowest BCUT2D eigenvalue weighted by Gasteiger charge is -2.34. The van der Waals surface area contributed by atoms with Gasteiger partial charge in [0.2, 0.25) is 11.1 Å². The molecule has 1 heterocycles. The van der Waals surface area contributed by atoms with Crippen molar-refractivity contribution in [1.82, 2.24) is 20.2 Å². The highest BCUT2D eigenvalue weighted by atomic mass is 32.2. The van der Waals surface area contributed by atoms with Gasteiger partial charge in [-0.05, 0) is 59.7 Å². The third-order valence-corrected chi connectivity index (χ3v) is 6.23. The zero-order valence-electron chi connectivity index (χ0n) is 17.0. The van der Waals surface area contributed by atoms with E-state index >= 15 is 0 Å². The molecular weight excluding hydrogens is 398 g/mol. The Morgan fingerprint density at radius 1 is 1.10 bits per heavy atom. The summed E-state index contributed by atoms with van der Waals surface area (Å²) in [5.41, 5.74) is 1.78. The fraction of sp³-hybridized carbons (Fsp3) is 0.364. The van der Waals surface area contributed by atoms with E-state index in [0.717, 1.165) is 30.0 Å². The molecule has 0 saturated heterocycles. The number of ether oxygens (including phenoxy) is 1. The molecule has 3 aromatic rings. The van der Waals surface area contributed by atoms with Crippen LogP contribution in [0.5, 0.6) is 5.75 Å². The monoisotopic (exact) mass is 423 g/mol. The Kier molecular flexibility index (Phi) is 6.63. The van der Waals surface area contributed by atoms with Gasteiger partial charge < -0.3 is 9.64 Å². The van der Waals surface area contributed by atoms with Gasteiger partial charge in [-0.3, -0.25) is 4.79 Å². The number of carbonyl (C=O) groups excluding carboxylic acids is 1. The summed E-state index contributed by atoms with van der Waals surface area (Å²) < 4.78 is 6.85. The number of nitrogens with zero attached hydrogens (tertiary/aromatic N) is 5. The number of hydrogen-bond donors (Lipinski definition) is 0. The molecule has 0 spiro atoms. The lowest BCUT2D eigenvalue weighted by Crippen LogP contribution is -2.42. The summed E-state index contributed by atoms with van der Waals surface area (Å²) in [6, 6.07) is 17.7. The van der Waals surface area contributed by atoms with Gasteiger partial charge >= 0.3 is 0 Å². The summed E-state index contributed by atoms with van der Waals surface area (Å²) in [7, 11) is 1.63. The van der Waals surface area contributed by atoms with E-state index in [0.29, 0.717) is 5.16 Å². The predicted octanol–water partition coefficient (Wildman–Crippen LogP) is 4.13. The quantitative estimate of drug-likeness (QED) is 0.532. The minimum atomic E-state index is 0.0855. The highest BCUT2D eigenvalue weighted by Crippen LogP contribution is 2.29. The first-order valence-corrected chi connectivity index (χ1v) is 11.2. The minimum Gasteiger partial charge on any atom is -0.497 e. The molecule has 2 aromatic carbocycles. The summed E-state index contributed by atoms with van der Waals surface area (Å²) in [6.45, 7) is 0. The number of anilines is 1. The van der Waals surface area contributed by atoms with Crippen molar-refractivity contribution in [3.8, 4) is 11.4 Å². The van der Waals surface area contributed by atoms with Crippen LogP contribution in [0.15, 0.2) is 59.8 Å². The van der Waals surface area contributed by atoms with Crippen LogP contribution in [-0.2, 0) is 4.79 Å². The van der Waals surface area contributed by atoms with Crippen molar-refractivity contribution in [1.29, 1.82) is 0 Å². The Morgan fingerprint density at radius 2 is 1.83 bits per heavy atom. The van der Waals surface area contributed by atoms with Crippen LogP contribution < -0.4 is 9.64 Å². The zero-order chi connectivity index (χ0) is 20.8. The van der Waals surface area contributed by atoms with Gasteiger partial charge in [-0.15, -0.1) is 5.10 Å². The standard InChI is InChI=1S/C22H25N5O2S/c1-29-20-14-12-19(13-15-20)27-22(23-24-25-27)30-16-21(28)26(17-8-4-2-5-9-17)18-10-6-3-7-11-18/h2,4-5,8-9,12-15,18H,3,6-7,10-11,16H2,1H3. The second-order valence-corrected chi connectivity index (χ2v) is 8.19. The molecule has 1 aliphatic carbocycles. The lowest BCUT2D eigenvalue weighted by atomic mass is 9.93. The van der Waals surface area contributed by atoms with Crippen LogP contribution in [-0.4, -0.2) is 45.0 Å². The number of carbonyl (C=O) groups is 1. The number of hydrogen-bond acceptors (Lipinski definition) is 6. The smallest absolute Gasteiger partial charge is 0.237 e. The van der Waals surface area contributed by atoms with Crippen molar-refractivity contribution in [2.45, 2.75) is 43.3 Å². The van der Waals surface area contributed by atoms with Gasteiger partial charge in [0.05, 0.1) is 18.6 Å². The summed E-state index contributed by atoms with van der Waals surface area (Å²) in [4.78, 5) is 15.3. The maximum Gasteiger partial charge on any atom is 0.237 e. The lowest BCUT2D eigenvalue weighted by molar-refractivity contribution is -0.116. The van der Waals surface area contributed by atoms with Crippen molar-refractivity contribution < 1.29 is 9.53 Å². The van der Waals surface area contributed by atoms with Crippen LogP contribution in [0.4, 0.5) is 5.69 Å². The van der Waals surface area contributed by atoms with Gasteiger partial charge in [0.15, 0.2) is 0 Å². The zero-order valence-corrected chi connectivity index (χ0v) is 17.8. The Bertz CT molecular complexity index is 955. The van der Waals surface area contributed by atoms with E-state index in [1.807, 2.05) is 59.5 Å². The number of thioether (sulfide) groups is 1. The number of tetrazole rings is 1. The molecule has 7 nitrogen and oxygen atoms in total. The third kappa shape index (κ3) is 4.64. The highest BCUT2D eigenvalue weighted by Gasteiger charge is 2.27. The summed E-state index contributed by atoms with van der Waals surface area (Å²) in [5.74, 6) is 1.13. The number of rotatable bonds is 7. The SMILES string of the molecule is COc1ccc(-n2nnnc2SCC(=O)N(c2ccccc2)C2CCCCC2)cc1. The van der Waals surface area contributed by atoms with Crippen LogP contribution in [0, 0.1) is 0 Å². The molecule has 156 valence electrons. The van der Waals surface area contributed by atoms with Gasteiger partial charge in [0.1, 0.15) is 5.75 Å². The van der Waals surface area contributed by atoms with E-state index in [1.165, 1.54) is 31.0 Å². The second-order valence-electron chi connectivity index (χ2n) is 7.25. The molecule has 1 aliphatic rings. The Morgan fingerprint density at radius 3 is 2.53 bits per heavy atom. The van der Waals surface area contributed by atoms with E-state index in [4.69, 9.17) is 4.74 Å². The van der Waals surface area contributed by atoms with Gasteiger partial charge in [0.25, 0.3) is 0 Å². The average Bonchev–Trinajstić information content (AvgIpc) is 3.28. The Hall–Kier alpha value is -2.87. The first-order chi connectivity index (χ1) is 14.8. The van der Waals surface area contributed by atoms with Crippen molar-refractivity contribution in [2.24, 2.45) is 0 Å². The topological polar surface area (TPSA) is 73.1 Å². The minimum absolute atomic E-state index is 0.0855. The van der Waals surface area contributed by atoms with Gasteiger partial charge in [-0.2, -0.15) is 4.68 Å². The van der Waals surface area contributed by atoms with Crippen LogP contribution >= 0.6 is 11.8 Å². The summed E-state index contributed by atoms with van der Waals surface area (Å²) >= 11 is 1.36. The number of benzene rings is 2. The predicted molar refractivity (Wildman–Crippen MR) is 117 cm³/mol. The molecule has 0 radical (unpaired) electrons. The number of methoxy groups -OCH3 is 1. The molecule has 1 amide bonds. The third-order valence-electron chi connectivity index (χ3n) is 5.33. The summed E-state index contributed by atoms with van der Waals surface area (Å²) in [6.07, 6.45) is 5.69. The number of para-hydroxylation sites is 1. The van der Waals surface area contributed by atoms with E-state index in [-0.39, 0.29) is 17.7 Å². The normalized spacial score (nSPS) is 14.4. The van der Waals surface area contributed by atoms with Crippen molar-refractivity contribution >= 4 is 23.4 Å². The summed E-state index contributed by atoms with van der Waals surface area (Å²) in [5, 5.41) is 12.6. The van der Waals surface area contributed by atoms with E-state index < -0.39 is 0 Å². The molecule has 1 fully saturated rings. The molecule has 8 heteroatoms. The van der Waals surface area contributed by atoms with Gasteiger partial charge in [-0.1, -0.05) is 49.2 Å². The molecule has 1 saturated carbocycles. The molecule has 30 heavy (non-hydrogen) atoms. The fourth-order valence-corrected chi connectivity index (χ4v) is 4.59. The van der Waals surface area contributed by atoms with Crippen LogP contribution in [0.25, 0.3) is 5.69 Å². The van der Waals surface area contributed by atoms with Crippen LogP contribution in [0.3, 0.4) is 0 Å². The molecule has 0 aliphatic heterocycles. The van der Waals surface area contributed by atoms with Crippen LogP contribution in [0.2, 0.25) is 0 Å². The maximum atomic E-state index is 13.3. The molecule has 0 unspecified atom stereocenters. The molecule has 0 atom stereocenters. The van der Waals surface area contributed by atoms with E-state index in [9.17, 15) is 4.79 Å². The molecule has 1 aromatic heterocycles. The van der Waals surface area contributed by atoms with Crippen molar-refractivity contribution in [3.63, 3.8) is 0 Å². The molecule has 0 bridgehead atoms. The molecule has 0 N–H and O–H groups in total. The fourth-order valence-electron chi connectivity index (χ4n) is 3.84. The molecular formula is C22H25N5O2S. The van der Waals surface area contributed by atoms with Crippen molar-refractivity contribution in [2.75, 3.05) is 17.8 Å². The van der Waals surface area contributed by atoms with Gasteiger partial charge in [-0.25, -0.2) is 0 Å². The number of amides is 1. The Balaban J connectivity index is 1.49. The Labute approximate surface area is 180 Å². The highest BCUT2D eigenvalue weighted by molar-refractivity contribution is 7.99. The van der Waals surface area contributed by atoms with Crippen LogP contribution in [0.1, 0.15) is 32.1 Å². The first kappa shape index (κ1) is 20.4. The van der Waals surface area contributed by atoms with Gasteiger partial charge in [0, 0.05) is 11.7 Å².